The molecule has 1 aromatic carbocycles. The van der Waals surface area contributed by atoms with Crippen molar-refractivity contribution < 1.29 is 17.6 Å². The molecule has 0 atom stereocenters. The molecule has 0 N–H and O–H groups in total. The number of hydrogen-bond donors (Lipinski definition) is 0. The van der Waals surface area contributed by atoms with E-state index in [1.807, 2.05) is 24.5 Å². The number of nitrogens with zero attached hydrogens (tertiary/aromatic N) is 6. The Hall–Kier alpha value is -2.85. The number of anilines is 1. The van der Waals surface area contributed by atoms with Gasteiger partial charge >= 0.3 is 0 Å². The second-order valence-electron chi connectivity index (χ2n) is 14.6. The highest BCUT2D eigenvalue weighted by molar-refractivity contribution is 7.92. The molecule has 3 heterocycles. The third-order valence-corrected chi connectivity index (χ3v) is 16.8. The van der Waals surface area contributed by atoms with E-state index in [2.05, 4.69) is 68.7 Å². The van der Waals surface area contributed by atoms with Gasteiger partial charge in [-0.2, -0.15) is 10.2 Å². The Morgan fingerprint density at radius 3 is 2.34 bits per heavy atom. The zero-order valence-corrected chi connectivity index (χ0v) is 30.3. The van der Waals surface area contributed by atoms with E-state index >= 15 is 0 Å². The third-order valence-electron chi connectivity index (χ3n) is 8.83. The lowest BCUT2D eigenvalue weighted by molar-refractivity contribution is 0.156. The van der Waals surface area contributed by atoms with Gasteiger partial charge < -0.3 is 9.16 Å². The molecule has 238 valence electrons. The highest BCUT2D eigenvalue weighted by Gasteiger charge is 2.53. The van der Waals surface area contributed by atoms with Crippen LogP contribution in [-0.2, 0) is 31.8 Å². The van der Waals surface area contributed by atoms with Crippen LogP contribution in [0.2, 0.25) is 43.8 Å². The van der Waals surface area contributed by atoms with Gasteiger partial charge in [-0.05, 0) is 55.2 Å². The molecule has 1 aliphatic carbocycles. The molecule has 0 spiro atoms. The largest absolute Gasteiger partial charge is 0.407 e. The van der Waals surface area contributed by atoms with Gasteiger partial charge in [-0.15, -0.1) is 0 Å². The van der Waals surface area contributed by atoms with Crippen LogP contribution in [0.4, 0.5) is 5.69 Å². The van der Waals surface area contributed by atoms with Gasteiger partial charge in [0, 0.05) is 45.1 Å². The van der Waals surface area contributed by atoms with Crippen LogP contribution in [0.3, 0.4) is 0 Å². The Morgan fingerprint density at radius 1 is 1.00 bits per heavy atom. The summed E-state index contributed by atoms with van der Waals surface area (Å²) in [6, 6.07) is 9.74. The highest BCUT2D eigenvalue weighted by Crippen LogP contribution is 2.54. The van der Waals surface area contributed by atoms with Crippen molar-refractivity contribution in [2.45, 2.75) is 87.9 Å². The molecule has 13 heteroatoms. The number of ether oxygens (including phenoxy) is 1. The van der Waals surface area contributed by atoms with Crippen molar-refractivity contribution in [3.8, 4) is 5.82 Å². The van der Waals surface area contributed by atoms with Crippen LogP contribution in [0.5, 0.6) is 0 Å². The van der Waals surface area contributed by atoms with Crippen LogP contribution in [0.25, 0.3) is 16.7 Å². The first-order valence-electron chi connectivity index (χ1n) is 15.2. The number of benzene rings is 1. The first-order chi connectivity index (χ1) is 20.4. The first kappa shape index (κ1) is 32.5. The first-order valence-corrected chi connectivity index (χ1v) is 23.2. The Kier molecular flexibility index (Phi) is 8.51. The fourth-order valence-corrected chi connectivity index (χ4v) is 8.55. The summed E-state index contributed by atoms with van der Waals surface area (Å²) in [6.45, 7) is 18.5. The molecule has 1 saturated carbocycles. The number of hydrogen-bond acceptors (Lipinski definition) is 7. The minimum atomic E-state index is -4.03. The van der Waals surface area contributed by atoms with Crippen molar-refractivity contribution >= 4 is 43.0 Å². The number of aryl methyl sites for hydroxylation is 1. The topological polar surface area (TPSA) is 104 Å². The molecule has 1 fully saturated rings. The molecule has 0 amide bonds. The predicted octanol–water partition coefficient (Wildman–Crippen LogP) is 6.67. The van der Waals surface area contributed by atoms with Gasteiger partial charge in [-0.25, -0.2) is 22.4 Å². The summed E-state index contributed by atoms with van der Waals surface area (Å²) in [6.07, 6.45) is 8.86. The smallest absolute Gasteiger partial charge is 0.267 e. The van der Waals surface area contributed by atoms with Crippen molar-refractivity contribution in [3.05, 3.63) is 60.7 Å². The summed E-state index contributed by atoms with van der Waals surface area (Å²) >= 11 is 0. The lowest BCUT2D eigenvalue weighted by Crippen LogP contribution is -2.44. The van der Waals surface area contributed by atoms with Crippen molar-refractivity contribution in [2.75, 3.05) is 17.6 Å². The van der Waals surface area contributed by atoms with E-state index in [0.29, 0.717) is 23.6 Å². The van der Waals surface area contributed by atoms with Gasteiger partial charge in [0.2, 0.25) is 0 Å². The molecule has 0 unspecified atom stereocenters. The number of pyridine rings is 1. The summed E-state index contributed by atoms with van der Waals surface area (Å²) in [5.41, 5.74) is 1.96. The molecule has 0 saturated heterocycles. The monoisotopic (exact) mass is 654 g/mol. The minimum Gasteiger partial charge on any atom is -0.407 e. The minimum absolute atomic E-state index is 0.0709. The fraction of sp³-hybridized carbons (Fsp3) is 0.516. The highest BCUT2D eigenvalue weighted by atomic mass is 32.2. The Bertz CT molecular complexity index is 1730. The van der Waals surface area contributed by atoms with Crippen LogP contribution in [-0.4, -0.2) is 62.7 Å². The van der Waals surface area contributed by atoms with E-state index in [-0.39, 0.29) is 22.3 Å². The molecule has 4 aromatic rings. The standard InChI is InChI=1S/C31H46N6O4SSi2/c1-30(2,3)44(8,9)41-31(15-16-31)25-20-34-36(22-25)28-14-13-26(21-32-28)42(38,39)37(23-40-17-18-43(5,6)7)27-12-10-11-24-19-33-35(4)29(24)27/h10-14,19-22H,15-18,23H2,1-9H3. The molecule has 0 bridgehead atoms. The van der Waals surface area contributed by atoms with E-state index in [0.717, 1.165) is 29.8 Å². The van der Waals surface area contributed by atoms with Crippen molar-refractivity contribution in [1.82, 2.24) is 24.5 Å². The Labute approximate surface area is 263 Å². The lowest BCUT2D eigenvalue weighted by atomic mass is 10.2. The van der Waals surface area contributed by atoms with Gasteiger partial charge in [0.05, 0.1) is 29.2 Å². The molecule has 3 aromatic heterocycles. The Morgan fingerprint density at radius 2 is 1.73 bits per heavy atom. The number of aromatic nitrogens is 5. The maximum atomic E-state index is 14.2. The van der Waals surface area contributed by atoms with Crippen LogP contribution in [0, 0.1) is 0 Å². The zero-order valence-electron chi connectivity index (χ0n) is 27.5. The van der Waals surface area contributed by atoms with Crippen molar-refractivity contribution in [1.29, 1.82) is 0 Å². The van der Waals surface area contributed by atoms with Gasteiger partial charge in [0.1, 0.15) is 11.6 Å². The quantitative estimate of drug-likeness (QED) is 0.0955. The number of para-hydroxylation sites is 1. The van der Waals surface area contributed by atoms with Gasteiger partial charge in [-0.1, -0.05) is 52.5 Å². The lowest BCUT2D eigenvalue weighted by Gasteiger charge is -2.39. The average Bonchev–Trinajstić information content (AvgIpc) is 3.34. The Balaban J connectivity index is 1.41. The maximum Gasteiger partial charge on any atom is 0.267 e. The predicted molar refractivity (Wildman–Crippen MR) is 180 cm³/mol. The number of sulfonamides is 1. The van der Waals surface area contributed by atoms with Crippen LogP contribution in [0.1, 0.15) is 39.2 Å². The van der Waals surface area contributed by atoms with Gasteiger partial charge in [-0.3, -0.25) is 4.68 Å². The normalized spacial score (nSPS) is 15.6. The molecule has 0 radical (unpaired) electrons. The molecular weight excluding hydrogens is 609 g/mol. The number of fused-ring (bicyclic) bond motifs is 1. The van der Waals surface area contributed by atoms with E-state index in [9.17, 15) is 8.42 Å². The second kappa shape index (κ2) is 11.5. The molecule has 44 heavy (non-hydrogen) atoms. The van der Waals surface area contributed by atoms with E-state index in [4.69, 9.17) is 9.16 Å². The SMILES string of the molecule is Cn1ncc2cccc(N(COCC[Si](C)(C)C)S(=O)(=O)c3ccc(-n4cc(C5(O[Si](C)(C)C(C)(C)C)CC5)cn4)nc3)c21. The zero-order chi connectivity index (χ0) is 32.1. The van der Waals surface area contributed by atoms with E-state index in [1.54, 1.807) is 40.8 Å². The van der Waals surface area contributed by atoms with Crippen LogP contribution in [0.15, 0.2) is 60.0 Å². The summed E-state index contributed by atoms with van der Waals surface area (Å²) < 4.78 is 45.8. The van der Waals surface area contributed by atoms with Gasteiger partial charge in [0.15, 0.2) is 14.1 Å². The molecule has 10 nitrogen and oxygen atoms in total. The summed E-state index contributed by atoms with van der Waals surface area (Å²) in [4.78, 5) is 4.60. The molecule has 1 aliphatic rings. The van der Waals surface area contributed by atoms with E-state index in [1.165, 1.54) is 10.5 Å². The van der Waals surface area contributed by atoms with E-state index < -0.39 is 26.4 Å². The molecule has 0 aliphatic heterocycles. The summed E-state index contributed by atoms with van der Waals surface area (Å²) in [5, 5.41) is 9.88. The third kappa shape index (κ3) is 6.57. The summed E-state index contributed by atoms with van der Waals surface area (Å²) in [5.74, 6) is 0.532. The molecular formula is C31H46N6O4SSi2. The molecule has 5 rings (SSSR count). The average molecular weight is 655 g/mol. The van der Waals surface area contributed by atoms with Crippen molar-refractivity contribution in [2.24, 2.45) is 7.05 Å². The van der Waals surface area contributed by atoms with Crippen LogP contribution >= 0.6 is 0 Å². The number of rotatable bonds is 12. The fourth-order valence-electron chi connectivity index (χ4n) is 4.88. The van der Waals surface area contributed by atoms with Crippen molar-refractivity contribution in [3.63, 3.8) is 0 Å². The summed E-state index contributed by atoms with van der Waals surface area (Å²) in [7, 11) is -5.55. The van der Waals surface area contributed by atoms with Crippen LogP contribution < -0.4 is 4.31 Å². The van der Waals surface area contributed by atoms with Gasteiger partial charge in [0.25, 0.3) is 10.0 Å². The second-order valence-corrected chi connectivity index (χ2v) is 26.8. The maximum absolute atomic E-state index is 14.2.